The minimum atomic E-state index is -0.0560. The van der Waals surface area contributed by atoms with E-state index in [-0.39, 0.29) is 11.7 Å². The SMILES string of the molecule is C=O.CC.CC1CCC(C2CCC(SOc3ccc(OC4CCCCC4)cc3-n3ccccc3=O)CC2)CC1. The number of carbonyl (C=O) groups excluding carboxylic acids is 1. The lowest BCUT2D eigenvalue weighted by molar-refractivity contribution is -0.0980. The zero-order valence-corrected chi connectivity index (χ0v) is 25.1. The summed E-state index contributed by atoms with van der Waals surface area (Å²) < 4.78 is 14.3. The number of pyridine rings is 1. The molecule has 2 aromatic rings. The molecule has 216 valence electrons. The number of nitrogens with zero attached hydrogens (tertiary/aromatic N) is 1. The van der Waals surface area contributed by atoms with Crippen LogP contribution in [-0.2, 0) is 4.79 Å². The largest absolute Gasteiger partial charge is 0.490 e. The fourth-order valence-corrected chi connectivity index (χ4v) is 7.21. The standard InChI is InChI=1S/C30H41NO3S.C2H6.CH2O/c1-22-10-12-23(13-11-22)24-14-17-27(18-15-24)35-34-29-19-16-26(33-25-7-3-2-4-8-25)21-28(29)31-20-6-5-9-30(31)32;2*1-2/h5-6,9,16,19-25,27H,2-4,7-8,10-15,17-18H2,1H3;1-2H3;1H2. The Labute approximate surface area is 240 Å². The van der Waals surface area contributed by atoms with Crippen LogP contribution >= 0.6 is 12.0 Å². The maximum atomic E-state index is 12.6. The first-order chi connectivity index (χ1) is 19.2. The van der Waals surface area contributed by atoms with E-state index in [2.05, 4.69) is 6.92 Å². The van der Waals surface area contributed by atoms with E-state index in [0.29, 0.717) is 5.25 Å². The van der Waals surface area contributed by atoms with Gasteiger partial charge < -0.3 is 13.7 Å². The van der Waals surface area contributed by atoms with Crippen LogP contribution in [0.3, 0.4) is 0 Å². The van der Waals surface area contributed by atoms with Crippen LogP contribution in [0.15, 0.2) is 47.4 Å². The highest BCUT2D eigenvalue weighted by atomic mass is 32.2. The van der Waals surface area contributed by atoms with Crippen LogP contribution in [0.1, 0.15) is 104 Å². The molecule has 0 spiro atoms. The predicted octanol–water partition coefficient (Wildman–Crippen LogP) is 8.80. The van der Waals surface area contributed by atoms with E-state index in [1.54, 1.807) is 28.7 Å². The number of rotatable bonds is 7. The smallest absolute Gasteiger partial charge is 0.255 e. The Balaban J connectivity index is 0.00000100. The molecule has 1 aromatic carbocycles. The number of benzene rings is 1. The molecule has 5 rings (SSSR count). The topological polar surface area (TPSA) is 57.5 Å². The minimum absolute atomic E-state index is 0.0560. The van der Waals surface area contributed by atoms with E-state index >= 15 is 0 Å². The van der Waals surface area contributed by atoms with Crippen molar-refractivity contribution >= 4 is 18.8 Å². The summed E-state index contributed by atoms with van der Waals surface area (Å²) in [6.07, 6.45) is 18.9. The van der Waals surface area contributed by atoms with Crippen LogP contribution in [0.2, 0.25) is 0 Å². The van der Waals surface area contributed by atoms with Crippen LogP contribution in [0.4, 0.5) is 0 Å². The molecule has 0 atom stereocenters. The molecular formula is C33H49NO4S. The van der Waals surface area contributed by atoms with Crippen LogP contribution < -0.4 is 14.5 Å². The fraction of sp³-hybridized carbons (Fsp3) is 0.636. The lowest BCUT2D eigenvalue weighted by Crippen LogP contribution is -2.26. The van der Waals surface area contributed by atoms with E-state index < -0.39 is 0 Å². The van der Waals surface area contributed by atoms with Gasteiger partial charge in [-0.15, -0.1) is 0 Å². The molecule has 3 aliphatic rings. The van der Waals surface area contributed by atoms with Gasteiger partial charge in [0.1, 0.15) is 12.5 Å². The van der Waals surface area contributed by atoms with Crippen molar-refractivity contribution in [3.05, 3.63) is 52.9 Å². The summed E-state index contributed by atoms with van der Waals surface area (Å²) in [7, 11) is 0. The average molecular weight is 556 g/mol. The maximum absolute atomic E-state index is 12.6. The van der Waals surface area contributed by atoms with Gasteiger partial charge in [0.2, 0.25) is 0 Å². The highest BCUT2D eigenvalue weighted by Gasteiger charge is 2.31. The van der Waals surface area contributed by atoms with Gasteiger partial charge in [-0.1, -0.05) is 46.1 Å². The van der Waals surface area contributed by atoms with Crippen molar-refractivity contribution in [2.45, 2.75) is 116 Å². The normalized spacial score (nSPS) is 25.3. The van der Waals surface area contributed by atoms with Gasteiger partial charge >= 0.3 is 0 Å². The lowest BCUT2D eigenvalue weighted by Gasteiger charge is -2.36. The average Bonchev–Trinajstić information content (AvgIpc) is 3.00. The summed E-state index contributed by atoms with van der Waals surface area (Å²) in [6, 6.07) is 11.2. The molecule has 1 heterocycles. The van der Waals surface area contributed by atoms with E-state index in [0.717, 1.165) is 47.8 Å². The summed E-state index contributed by atoms with van der Waals surface area (Å²) in [5.74, 6) is 4.35. The number of hydrogen-bond donors (Lipinski definition) is 0. The summed E-state index contributed by atoms with van der Waals surface area (Å²) in [5, 5.41) is 0.521. The molecule has 1 aromatic heterocycles. The van der Waals surface area contributed by atoms with E-state index in [1.165, 1.54) is 70.6 Å². The molecule has 0 saturated heterocycles. The van der Waals surface area contributed by atoms with Gasteiger partial charge in [0.05, 0.1) is 23.8 Å². The highest BCUT2D eigenvalue weighted by molar-refractivity contribution is 7.95. The molecule has 0 unspecified atom stereocenters. The van der Waals surface area contributed by atoms with Gasteiger partial charge in [-0.05, 0) is 100 Å². The van der Waals surface area contributed by atoms with Gasteiger partial charge in [-0.2, -0.15) is 0 Å². The van der Waals surface area contributed by atoms with Crippen molar-refractivity contribution in [3.63, 3.8) is 0 Å². The first-order valence-corrected chi connectivity index (χ1v) is 16.1. The Hall–Kier alpha value is -2.21. The summed E-state index contributed by atoms with van der Waals surface area (Å²) in [5.41, 5.74) is 0.709. The van der Waals surface area contributed by atoms with E-state index in [9.17, 15) is 4.79 Å². The monoisotopic (exact) mass is 555 g/mol. The van der Waals surface area contributed by atoms with Crippen LogP contribution in [0.5, 0.6) is 11.5 Å². The minimum Gasteiger partial charge on any atom is -0.490 e. The van der Waals surface area contributed by atoms with Crippen molar-refractivity contribution in [1.82, 2.24) is 4.57 Å². The second kappa shape index (κ2) is 16.8. The second-order valence-corrected chi connectivity index (χ2v) is 12.2. The number of aromatic nitrogens is 1. The van der Waals surface area contributed by atoms with E-state index in [1.807, 2.05) is 51.1 Å². The maximum Gasteiger partial charge on any atom is 0.255 e. The molecule has 0 amide bonds. The molecule has 3 saturated carbocycles. The molecule has 0 aliphatic heterocycles. The molecular weight excluding hydrogens is 506 g/mol. The predicted molar refractivity (Wildman–Crippen MR) is 163 cm³/mol. The van der Waals surface area contributed by atoms with Crippen molar-refractivity contribution in [2.75, 3.05) is 0 Å². The van der Waals surface area contributed by atoms with Crippen LogP contribution in [0.25, 0.3) is 5.69 Å². The third kappa shape index (κ3) is 9.16. The van der Waals surface area contributed by atoms with Crippen molar-refractivity contribution in [2.24, 2.45) is 17.8 Å². The Morgan fingerprint density at radius 1 is 0.821 bits per heavy atom. The number of carbonyl (C=O) groups is 1. The van der Waals surface area contributed by atoms with E-state index in [4.69, 9.17) is 13.7 Å². The van der Waals surface area contributed by atoms with Crippen molar-refractivity contribution < 1.29 is 13.7 Å². The zero-order chi connectivity index (χ0) is 28.0. The van der Waals surface area contributed by atoms with Gasteiger partial charge in [-0.25, -0.2) is 0 Å². The zero-order valence-electron chi connectivity index (χ0n) is 24.3. The fourth-order valence-electron chi connectivity index (χ4n) is 6.36. The summed E-state index contributed by atoms with van der Waals surface area (Å²) in [6.45, 7) is 8.41. The first-order valence-electron chi connectivity index (χ1n) is 15.3. The molecule has 0 bridgehead atoms. The first kappa shape index (κ1) is 31.3. The van der Waals surface area contributed by atoms with Gasteiger partial charge in [0.25, 0.3) is 5.56 Å². The van der Waals surface area contributed by atoms with Crippen molar-refractivity contribution in [3.8, 4) is 17.2 Å². The quantitative estimate of drug-likeness (QED) is 0.320. The molecule has 3 fully saturated rings. The van der Waals surface area contributed by atoms with Gasteiger partial charge in [0, 0.05) is 23.6 Å². The van der Waals surface area contributed by atoms with Crippen molar-refractivity contribution in [1.29, 1.82) is 0 Å². The van der Waals surface area contributed by atoms with Crippen LogP contribution in [0, 0.1) is 17.8 Å². The Morgan fingerprint density at radius 2 is 1.46 bits per heavy atom. The molecule has 6 heteroatoms. The molecule has 39 heavy (non-hydrogen) atoms. The third-order valence-electron chi connectivity index (χ3n) is 8.59. The van der Waals surface area contributed by atoms with Gasteiger partial charge in [0.15, 0.2) is 5.75 Å². The molecule has 0 N–H and O–H groups in total. The third-order valence-corrected chi connectivity index (χ3v) is 9.61. The Kier molecular flexibility index (Phi) is 13.5. The van der Waals surface area contributed by atoms with Gasteiger partial charge in [-0.3, -0.25) is 9.36 Å². The molecule has 0 radical (unpaired) electrons. The highest BCUT2D eigenvalue weighted by Crippen LogP contribution is 2.43. The summed E-state index contributed by atoms with van der Waals surface area (Å²) >= 11 is 1.60. The molecule has 3 aliphatic carbocycles. The number of ether oxygens (including phenoxy) is 1. The Morgan fingerprint density at radius 3 is 2.10 bits per heavy atom. The Bertz CT molecular complexity index is 1020. The summed E-state index contributed by atoms with van der Waals surface area (Å²) in [4.78, 5) is 20.6. The lowest BCUT2D eigenvalue weighted by atomic mass is 9.71. The number of hydrogen-bond acceptors (Lipinski definition) is 5. The van der Waals surface area contributed by atoms with Crippen LogP contribution in [-0.4, -0.2) is 22.7 Å². The second-order valence-electron chi connectivity index (χ2n) is 11.2. The molecule has 5 nitrogen and oxygen atoms in total.